The molecule has 0 spiro atoms. The predicted octanol–water partition coefficient (Wildman–Crippen LogP) is 8.28. The first-order valence-electron chi connectivity index (χ1n) is 14.6. The van der Waals surface area contributed by atoms with E-state index in [4.69, 9.17) is 9.78 Å². The third-order valence-corrected chi connectivity index (χ3v) is 6.56. The Hall–Kier alpha value is -4.30. The second-order valence-corrected chi connectivity index (χ2v) is 9.99. The molecule has 0 aliphatic rings. The van der Waals surface area contributed by atoms with Gasteiger partial charge in [-0.15, -0.1) is 0 Å². The molecule has 3 aromatic rings. The zero-order valence-electron chi connectivity index (χ0n) is 24.3. The Morgan fingerprint density at radius 2 is 1.41 bits per heavy atom. The summed E-state index contributed by atoms with van der Waals surface area (Å²) in [6.07, 6.45) is 12.2. The lowest BCUT2D eigenvalue weighted by atomic mass is 10.1. The summed E-state index contributed by atoms with van der Waals surface area (Å²) in [6.45, 7) is 4.80. The third kappa shape index (κ3) is 12.2. The van der Waals surface area contributed by atoms with E-state index < -0.39 is 5.97 Å². The summed E-state index contributed by atoms with van der Waals surface area (Å²) >= 11 is 0. The number of hydrogen-bond donors (Lipinski definition) is 0. The SMILES string of the molecule is CCCCCCCCC#Cc1ccc(CN(Cc2ccc(OOC(=O)CC)cc2)C(=O)C=Cc2ccccc2)cc1. The van der Waals surface area contributed by atoms with Gasteiger partial charge >= 0.3 is 5.97 Å². The van der Waals surface area contributed by atoms with Crippen LogP contribution in [-0.2, 0) is 27.6 Å². The fourth-order valence-electron chi connectivity index (χ4n) is 4.15. The average molecular weight is 552 g/mol. The lowest BCUT2D eigenvalue weighted by Gasteiger charge is -2.22. The van der Waals surface area contributed by atoms with Gasteiger partial charge in [0.05, 0.1) is 0 Å². The van der Waals surface area contributed by atoms with Crippen molar-refractivity contribution in [3.05, 3.63) is 107 Å². The summed E-state index contributed by atoms with van der Waals surface area (Å²) in [4.78, 5) is 36.2. The Labute approximate surface area is 245 Å². The number of nitrogens with zero attached hydrogens (tertiary/aromatic N) is 1. The van der Waals surface area contributed by atoms with Crippen LogP contribution in [-0.4, -0.2) is 16.8 Å². The highest BCUT2D eigenvalue weighted by molar-refractivity contribution is 5.91. The summed E-state index contributed by atoms with van der Waals surface area (Å²) in [6, 6.07) is 25.0. The number of carbonyl (C=O) groups is 2. The van der Waals surface area contributed by atoms with E-state index in [0.717, 1.165) is 35.1 Å². The molecule has 5 heteroatoms. The topological polar surface area (TPSA) is 55.8 Å². The zero-order valence-corrected chi connectivity index (χ0v) is 24.3. The van der Waals surface area contributed by atoms with Gasteiger partial charge in [-0.3, -0.25) is 14.6 Å². The van der Waals surface area contributed by atoms with Crippen molar-refractivity contribution in [3.8, 4) is 17.6 Å². The van der Waals surface area contributed by atoms with Crippen LogP contribution < -0.4 is 4.89 Å². The molecule has 0 aliphatic carbocycles. The third-order valence-electron chi connectivity index (χ3n) is 6.56. The van der Waals surface area contributed by atoms with E-state index in [0.29, 0.717) is 18.8 Å². The van der Waals surface area contributed by atoms with Crippen LogP contribution in [0.4, 0.5) is 0 Å². The lowest BCUT2D eigenvalue weighted by Crippen LogP contribution is -2.28. The van der Waals surface area contributed by atoms with Crippen molar-refractivity contribution in [3.63, 3.8) is 0 Å². The Balaban J connectivity index is 1.63. The molecule has 5 nitrogen and oxygen atoms in total. The molecule has 0 unspecified atom stereocenters. The van der Waals surface area contributed by atoms with E-state index >= 15 is 0 Å². The van der Waals surface area contributed by atoms with Crippen molar-refractivity contribution < 1.29 is 19.4 Å². The van der Waals surface area contributed by atoms with Crippen molar-refractivity contribution in [2.24, 2.45) is 0 Å². The standard InChI is InChI=1S/C36H41NO4/c1-3-5-6-7-8-9-10-12-17-31-18-20-32(21-19-31)28-37(35(38)27-24-30-15-13-11-14-16-30)29-33-22-25-34(26-23-33)40-41-36(39)4-2/h11,13-16,18-27H,3-10,28-29H2,1-2H3. The predicted molar refractivity (Wildman–Crippen MR) is 164 cm³/mol. The minimum atomic E-state index is -0.439. The van der Waals surface area contributed by atoms with Crippen LogP contribution in [0.5, 0.6) is 5.75 Å². The van der Waals surface area contributed by atoms with E-state index in [-0.39, 0.29) is 12.3 Å². The molecule has 0 radical (unpaired) electrons. The monoisotopic (exact) mass is 551 g/mol. The molecular formula is C36H41NO4. The normalized spacial score (nSPS) is 10.6. The van der Waals surface area contributed by atoms with Gasteiger partial charge in [0.2, 0.25) is 5.91 Å². The van der Waals surface area contributed by atoms with Gasteiger partial charge in [-0.25, -0.2) is 4.79 Å². The maximum Gasteiger partial charge on any atom is 0.355 e. The molecule has 41 heavy (non-hydrogen) atoms. The van der Waals surface area contributed by atoms with Crippen LogP contribution in [0.15, 0.2) is 84.9 Å². The molecule has 0 aromatic heterocycles. The van der Waals surface area contributed by atoms with Gasteiger partial charge < -0.3 is 4.90 Å². The van der Waals surface area contributed by atoms with Gasteiger partial charge in [0.1, 0.15) is 0 Å². The molecule has 0 atom stereocenters. The summed E-state index contributed by atoms with van der Waals surface area (Å²) in [7, 11) is 0. The van der Waals surface area contributed by atoms with Crippen molar-refractivity contribution in [1.82, 2.24) is 4.90 Å². The van der Waals surface area contributed by atoms with Crippen LogP contribution >= 0.6 is 0 Å². The molecule has 0 N–H and O–H groups in total. The van der Waals surface area contributed by atoms with Crippen molar-refractivity contribution >= 4 is 18.0 Å². The number of unbranched alkanes of at least 4 members (excludes halogenated alkanes) is 6. The second kappa shape index (κ2) is 18.1. The van der Waals surface area contributed by atoms with E-state index in [1.54, 1.807) is 30.0 Å². The number of carbonyl (C=O) groups excluding carboxylic acids is 2. The highest BCUT2D eigenvalue weighted by Gasteiger charge is 2.13. The van der Waals surface area contributed by atoms with Gasteiger partial charge in [-0.1, -0.05) is 112 Å². The maximum atomic E-state index is 13.3. The van der Waals surface area contributed by atoms with E-state index in [2.05, 4.69) is 18.8 Å². The first-order valence-corrected chi connectivity index (χ1v) is 14.6. The number of amides is 1. The molecule has 0 heterocycles. The number of hydrogen-bond acceptors (Lipinski definition) is 4. The largest absolute Gasteiger partial charge is 0.355 e. The molecule has 0 aliphatic heterocycles. The van der Waals surface area contributed by atoms with Crippen LogP contribution in [0.2, 0.25) is 0 Å². The van der Waals surface area contributed by atoms with Gasteiger partial charge in [0, 0.05) is 37.6 Å². The average Bonchev–Trinajstić information content (AvgIpc) is 3.01. The van der Waals surface area contributed by atoms with Gasteiger partial charge in [-0.2, -0.15) is 0 Å². The number of benzene rings is 3. The van der Waals surface area contributed by atoms with Crippen molar-refractivity contribution in [1.29, 1.82) is 0 Å². The maximum absolute atomic E-state index is 13.3. The summed E-state index contributed by atoms with van der Waals surface area (Å²) in [5.41, 5.74) is 3.91. The Bertz CT molecular complexity index is 1290. The first kappa shape index (κ1) is 31.2. The molecule has 0 fully saturated rings. The molecule has 214 valence electrons. The molecular weight excluding hydrogens is 510 g/mol. The van der Waals surface area contributed by atoms with Crippen molar-refractivity contribution in [2.75, 3.05) is 0 Å². The Morgan fingerprint density at radius 1 is 0.780 bits per heavy atom. The van der Waals surface area contributed by atoms with Gasteiger partial charge in [0.25, 0.3) is 0 Å². The minimum absolute atomic E-state index is 0.0890. The molecule has 1 amide bonds. The quantitative estimate of drug-likeness (QED) is 0.0627. The van der Waals surface area contributed by atoms with E-state index in [1.165, 1.54) is 32.1 Å². The fraction of sp³-hybridized carbons (Fsp3) is 0.333. The molecule has 0 saturated heterocycles. The Morgan fingerprint density at radius 3 is 2.07 bits per heavy atom. The van der Waals surface area contributed by atoms with Crippen molar-refractivity contribution in [2.45, 2.75) is 78.3 Å². The van der Waals surface area contributed by atoms with Crippen LogP contribution in [0.1, 0.15) is 87.5 Å². The van der Waals surface area contributed by atoms with Gasteiger partial charge in [-0.05, 0) is 53.5 Å². The van der Waals surface area contributed by atoms with E-state index in [1.807, 2.05) is 72.8 Å². The number of rotatable bonds is 15. The van der Waals surface area contributed by atoms with Crippen LogP contribution in [0, 0.1) is 11.8 Å². The summed E-state index contributed by atoms with van der Waals surface area (Å²) < 4.78 is 0. The molecule has 0 bridgehead atoms. The van der Waals surface area contributed by atoms with Gasteiger partial charge in [0.15, 0.2) is 5.75 Å². The van der Waals surface area contributed by atoms with Crippen LogP contribution in [0.3, 0.4) is 0 Å². The zero-order chi connectivity index (χ0) is 29.1. The smallest absolute Gasteiger partial charge is 0.331 e. The first-order chi connectivity index (χ1) is 20.1. The minimum Gasteiger partial charge on any atom is -0.331 e. The highest BCUT2D eigenvalue weighted by Crippen LogP contribution is 2.17. The summed E-state index contributed by atoms with van der Waals surface area (Å²) in [5, 5.41) is 0. The molecule has 3 aromatic carbocycles. The Kier molecular flexibility index (Phi) is 13.8. The molecule has 3 rings (SSSR count). The lowest BCUT2D eigenvalue weighted by molar-refractivity contribution is -0.213. The fourth-order valence-corrected chi connectivity index (χ4v) is 4.15. The molecule has 0 saturated carbocycles. The summed E-state index contributed by atoms with van der Waals surface area (Å²) in [5.74, 6) is 6.46. The van der Waals surface area contributed by atoms with Crippen LogP contribution in [0.25, 0.3) is 6.08 Å². The van der Waals surface area contributed by atoms with E-state index in [9.17, 15) is 9.59 Å². The highest BCUT2D eigenvalue weighted by atomic mass is 17.2. The second-order valence-electron chi connectivity index (χ2n) is 9.99.